The zero-order valence-electron chi connectivity index (χ0n) is 12.3. The van der Waals surface area contributed by atoms with Crippen LogP contribution in [0.5, 0.6) is 0 Å². The van der Waals surface area contributed by atoms with E-state index >= 15 is 0 Å². The van der Waals surface area contributed by atoms with E-state index in [4.69, 9.17) is 0 Å². The smallest absolute Gasteiger partial charge is 0.233 e. The molecule has 1 atom stereocenters. The summed E-state index contributed by atoms with van der Waals surface area (Å²) in [6.07, 6.45) is 1.72. The second-order valence-corrected chi connectivity index (χ2v) is 7.49. The highest BCUT2D eigenvalue weighted by atomic mass is 32.2. The number of nitrogens with one attached hydrogen (secondary N) is 1. The van der Waals surface area contributed by atoms with E-state index in [0.717, 1.165) is 20.3 Å². The van der Waals surface area contributed by atoms with E-state index in [0.29, 0.717) is 6.54 Å². The Balaban J connectivity index is 1.59. The Morgan fingerprint density at radius 2 is 2.23 bits per heavy atom. The number of thiazole rings is 1. The number of fused-ring (bicyclic) bond motifs is 1. The number of aryl methyl sites for hydroxylation is 1. The molecule has 3 rings (SSSR count). The Hall–Kier alpha value is -1.86. The molecule has 0 radical (unpaired) electrons. The number of amides is 1. The van der Waals surface area contributed by atoms with Crippen molar-refractivity contribution in [3.8, 4) is 0 Å². The lowest BCUT2D eigenvalue weighted by Gasteiger charge is -2.10. The van der Waals surface area contributed by atoms with E-state index in [1.807, 2.05) is 44.3 Å². The molecule has 0 aliphatic carbocycles. The lowest BCUT2D eigenvalue weighted by Crippen LogP contribution is -2.31. The van der Waals surface area contributed by atoms with Crippen LogP contribution in [0.2, 0.25) is 0 Å². The molecule has 22 heavy (non-hydrogen) atoms. The number of aromatic nitrogens is 3. The average molecular weight is 332 g/mol. The molecule has 0 aliphatic rings. The van der Waals surface area contributed by atoms with Gasteiger partial charge in [-0.1, -0.05) is 23.9 Å². The first-order valence-electron chi connectivity index (χ1n) is 6.90. The Bertz CT molecular complexity index is 763. The summed E-state index contributed by atoms with van der Waals surface area (Å²) in [5.41, 5.74) is 1.96. The van der Waals surface area contributed by atoms with Crippen molar-refractivity contribution in [3.05, 3.63) is 42.2 Å². The van der Waals surface area contributed by atoms with E-state index in [-0.39, 0.29) is 11.2 Å². The molecule has 5 nitrogen and oxygen atoms in total. The fraction of sp³-hybridized carbons (Fsp3) is 0.267. The summed E-state index contributed by atoms with van der Waals surface area (Å²) in [4.78, 5) is 16.7. The Kier molecular flexibility index (Phi) is 4.44. The average Bonchev–Trinajstić information content (AvgIpc) is 3.10. The first-order valence-corrected chi connectivity index (χ1v) is 8.60. The molecule has 2 heterocycles. The lowest BCUT2D eigenvalue weighted by molar-refractivity contribution is -0.120. The first kappa shape index (κ1) is 15.1. The molecule has 2 aromatic heterocycles. The van der Waals surface area contributed by atoms with Gasteiger partial charge in [-0.25, -0.2) is 4.98 Å². The molecule has 3 aromatic rings. The van der Waals surface area contributed by atoms with E-state index in [1.165, 1.54) is 11.8 Å². The van der Waals surface area contributed by atoms with Gasteiger partial charge in [0.25, 0.3) is 0 Å². The lowest BCUT2D eigenvalue weighted by atomic mass is 10.3. The van der Waals surface area contributed by atoms with Gasteiger partial charge in [0, 0.05) is 13.2 Å². The van der Waals surface area contributed by atoms with Gasteiger partial charge in [-0.05, 0) is 25.1 Å². The van der Waals surface area contributed by atoms with Crippen LogP contribution in [-0.4, -0.2) is 25.9 Å². The van der Waals surface area contributed by atoms with Gasteiger partial charge in [0.05, 0.1) is 27.7 Å². The minimum absolute atomic E-state index is 0.00505. The summed E-state index contributed by atoms with van der Waals surface area (Å²) in [7, 11) is 1.86. The van der Waals surface area contributed by atoms with Crippen LogP contribution in [0.25, 0.3) is 10.2 Å². The molecular formula is C15H16N4OS2. The maximum atomic E-state index is 12.2. The van der Waals surface area contributed by atoms with Gasteiger partial charge in [0.2, 0.25) is 5.91 Å². The third-order valence-electron chi connectivity index (χ3n) is 3.29. The fourth-order valence-corrected chi connectivity index (χ4v) is 4.24. The summed E-state index contributed by atoms with van der Waals surface area (Å²) in [5, 5.41) is 6.83. The highest BCUT2D eigenvalue weighted by molar-refractivity contribution is 8.02. The van der Waals surface area contributed by atoms with Crippen molar-refractivity contribution in [2.24, 2.45) is 7.05 Å². The predicted octanol–water partition coefficient (Wildman–Crippen LogP) is 2.83. The number of hydrogen-bond donors (Lipinski definition) is 1. The van der Waals surface area contributed by atoms with Gasteiger partial charge >= 0.3 is 0 Å². The molecule has 0 saturated heterocycles. The van der Waals surface area contributed by atoms with Crippen LogP contribution >= 0.6 is 23.1 Å². The molecule has 0 aliphatic heterocycles. The molecule has 0 fully saturated rings. The molecule has 1 aromatic carbocycles. The number of carbonyl (C=O) groups is 1. The SMILES string of the molecule is C[C@H](Sc1nc2ccccc2s1)C(=O)NCc1ccnn1C. The number of hydrogen-bond acceptors (Lipinski definition) is 5. The van der Waals surface area contributed by atoms with Crippen LogP contribution < -0.4 is 5.32 Å². The Morgan fingerprint density at radius 1 is 1.41 bits per heavy atom. The first-order chi connectivity index (χ1) is 10.6. The maximum Gasteiger partial charge on any atom is 0.233 e. The summed E-state index contributed by atoms with van der Waals surface area (Å²) in [6, 6.07) is 9.90. The third kappa shape index (κ3) is 3.31. The summed E-state index contributed by atoms with van der Waals surface area (Å²) in [6.45, 7) is 2.38. The van der Waals surface area contributed by atoms with Crippen molar-refractivity contribution in [1.29, 1.82) is 0 Å². The minimum atomic E-state index is -0.186. The van der Waals surface area contributed by atoms with E-state index in [9.17, 15) is 4.79 Å². The topological polar surface area (TPSA) is 59.8 Å². The maximum absolute atomic E-state index is 12.2. The predicted molar refractivity (Wildman–Crippen MR) is 90.0 cm³/mol. The monoisotopic (exact) mass is 332 g/mol. The molecule has 1 amide bonds. The number of thioether (sulfide) groups is 1. The van der Waals surface area contributed by atoms with Gasteiger partial charge in [-0.3, -0.25) is 9.48 Å². The van der Waals surface area contributed by atoms with Gasteiger partial charge in [-0.2, -0.15) is 5.10 Å². The van der Waals surface area contributed by atoms with Gasteiger partial charge in [0.15, 0.2) is 4.34 Å². The summed E-state index contributed by atoms with van der Waals surface area (Å²) >= 11 is 3.11. The van der Waals surface area contributed by atoms with Crippen molar-refractivity contribution in [2.75, 3.05) is 0 Å². The van der Waals surface area contributed by atoms with E-state index in [2.05, 4.69) is 15.4 Å². The van der Waals surface area contributed by atoms with Gasteiger partial charge in [-0.15, -0.1) is 11.3 Å². The Morgan fingerprint density at radius 3 is 2.95 bits per heavy atom. The molecule has 0 saturated carbocycles. The highest BCUT2D eigenvalue weighted by Gasteiger charge is 2.16. The molecule has 0 spiro atoms. The van der Waals surface area contributed by atoms with Crippen molar-refractivity contribution in [1.82, 2.24) is 20.1 Å². The van der Waals surface area contributed by atoms with E-state index in [1.54, 1.807) is 22.2 Å². The highest BCUT2D eigenvalue weighted by Crippen LogP contribution is 2.31. The largest absolute Gasteiger partial charge is 0.349 e. The quantitative estimate of drug-likeness (QED) is 0.730. The summed E-state index contributed by atoms with van der Waals surface area (Å²) in [5.74, 6) is 0.00505. The van der Waals surface area contributed by atoms with Gasteiger partial charge < -0.3 is 5.32 Å². The third-order valence-corrected chi connectivity index (χ3v) is 5.52. The van der Waals surface area contributed by atoms with Crippen LogP contribution in [0.1, 0.15) is 12.6 Å². The van der Waals surface area contributed by atoms with Crippen molar-refractivity contribution in [2.45, 2.75) is 23.1 Å². The minimum Gasteiger partial charge on any atom is -0.349 e. The second-order valence-electron chi connectivity index (χ2n) is 4.87. The normalized spacial score (nSPS) is 12.5. The molecule has 0 unspecified atom stereocenters. The zero-order valence-corrected chi connectivity index (χ0v) is 13.9. The van der Waals surface area contributed by atoms with Crippen molar-refractivity contribution < 1.29 is 4.79 Å². The van der Waals surface area contributed by atoms with Crippen molar-refractivity contribution in [3.63, 3.8) is 0 Å². The number of para-hydroxylation sites is 1. The molecule has 0 bridgehead atoms. The van der Waals surface area contributed by atoms with Crippen LogP contribution in [0.4, 0.5) is 0 Å². The van der Waals surface area contributed by atoms with E-state index < -0.39 is 0 Å². The van der Waals surface area contributed by atoms with Crippen LogP contribution in [0.3, 0.4) is 0 Å². The molecule has 114 valence electrons. The standard InChI is InChI=1S/C15H16N4OS2/c1-10(14(20)16-9-11-7-8-17-19(11)2)21-15-18-12-5-3-4-6-13(12)22-15/h3-8,10H,9H2,1-2H3,(H,16,20)/t10-/m0/s1. The number of carbonyl (C=O) groups excluding carboxylic acids is 1. The van der Waals surface area contributed by atoms with Crippen LogP contribution in [-0.2, 0) is 18.4 Å². The molecule has 1 N–H and O–H groups in total. The number of benzene rings is 1. The number of nitrogens with zero attached hydrogens (tertiary/aromatic N) is 3. The van der Waals surface area contributed by atoms with Crippen LogP contribution in [0, 0.1) is 0 Å². The van der Waals surface area contributed by atoms with Gasteiger partial charge in [0.1, 0.15) is 0 Å². The Labute approximate surface area is 136 Å². The zero-order chi connectivity index (χ0) is 15.5. The molecule has 7 heteroatoms. The second kappa shape index (κ2) is 6.50. The summed E-state index contributed by atoms with van der Waals surface area (Å²) < 4.78 is 3.82. The van der Waals surface area contributed by atoms with Crippen LogP contribution in [0.15, 0.2) is 40.9 Å². The fourth-order valence-electron chi connectivity index (χ4n) is 2.00. The number of rotatable bonds is 5. The molecular weight excluding hydrogens is 316 g/mol. The van der Waals surface area contributed by atoms with Crippen molar-refractivity contribution >= 4 is 39.2 Å².